The van der Waals surface area contributed by atoms with Crippen LogP contribution in [0.2, 0.25) is 0 Å². The minimum absolute atomic E-state index is 0.0544. The predicted octanol–water partition coefficient (Wildman–Crippen LogP) is 3.18. The van der Waals surface area contributed by atoms with E-state index in [-0.39, 0.29) is 31.2 Å². The van der Waals surface area contributed by atoms with Crippen molar-refractivity contribution in [3.63, 3.8) is 0 Å². The van der Waals surface area contributed by atoms with Gasteiger partial charge in [-0.1, -0.05) is 0 Å². The van der Waals surface area contributed by atoms with E-state index in [1.54, 1.807) is 0 Å². The third kappa shape index (κ3) is 7.45. The van der Waals surface area contributed by atoms with Gasteiger partial charge in [0.2, 0.25) is 11.8 Å². The minimum Gasteiger partial charge on any atom is -0.468 e. The van der Waals surface area contributed by atoms with E-state index in [0.717, 1.165) is 0 Å². The highest BCUT2D eigenvalue weighted by Crippen LogP contribution is 2.35. The fourth-order valence-corrected chi connectivity index (χ4v) is 2.86. The molecule has 0 spiro atoms. The summed E-state index contributed by atoms with van der Waals surface area (Å²) >= 11 is 0. The molecule has 3 N–H and O–H groups in total. The zero-order valence-corrected chi connectivity index (χ0v) is 14.9. The first kappa shape index (κ1) is 22.1. The summed E-state index contributed by atoms with van der Waals surface area (Å²) in [6.07, 6.45) is -3.13. The van der Waals surface area contributed by atoms with E-state index in [9.17, 15) is 31.9 Å². The molecule has 28 heavy (non-hydrogen) atoms. The molecule has 6 nitrogen and oxygen atoms in total. The number of aliphatic hydroxyl groups excluding tert-OH is 1. The fraction of sp³-hybridized carbons (Fsp3) is 0.647. The first-order chi connectivity index (χ1) is 13.1. The lowest BCUT2D eigenvalue weighted by Crippen LogP contribution is -2.42. The lowest BCUT2D eigenvalue weighted by molar-refractivity contribution is -0.154. The van der Waals surface area contributed by atoms with Crippen LogP contribution >= 0.6 is 0 Å². The summed E-state index contributed by atoms with van der Waals surface area (Å²) < 4.78 is 67.5. The van der Waals surface area contributed by atoms with Gasteiger partial charge in [-0.05, 0) is 30.4 Å². The molecule has 0 radical (unpaired) electrons. The summed E-state index contributed by atoms with van der Waals surface area (Å²) in [5.41, 5.74) is 0.308. The monoisotopic (exact) mass is 411 g/mol. The number of amides is 2. The van der Waals surface area contributed by atoms with Crippen LogP contribution in [0.25, 0.3) is 0 Å². The molecule has 0 aliphatic heterocycles. The number of carbonyl (C=O) groups excluding carboxylic acids is 1. The molecule has 1 aliphatic carbocycles. The Bertz CT molecular complexity index is 647. The average Bonchev–Trinajstić information content (AvgIpc) is 2.63. The quantitative estimate of drug-likeness (QED) is 0.602. The molecule has 0 saturated heterocycles. The van der Waals surface area contributed by atoms with Crippen molar-refractivity contribution < 1.29 is 36.6 Å². The molecular weight excluding hydrogens is 389 g/mol. The molecule has 0 unspecified atom stereocenters. The molecule has 1 aromatic rings. The largest absolute Gasteiger partial charge is 0.468 e. The second kappa shape index (κ2) is 9.35. The van der Waals surface area contributed by atoms with Crippen LogP contribution < -0.4 is 15.4 Å². The van der Waals surface area contributed by atoms with Crippen molar-refractivity contribution in [1.82, 2.24) is 15.6 Å². The van der Waals surface area contributed by atoms with Crippen LogP contribution in [0.1, 0.15) is 37.3 Å². The van der Waals surface area contributed by atoms with Crippen LogP contribution in [-0.4, -0.2) is 48.0 Å². The van der Waals surface area contributed by atoms with Crippen molar-refractivity contribution in [2.75, 3.05) is 19.8 Å². The molecule has 2 amide bonds. The topological polar surface area (TPSA) is 83.5 Å². The molecule has 158 valence electrons. The van der Waals surface area contributed by atoms with Gasteiger partial charge in [0.25, 0.3) is 0 Å². The lowest BCUT2D eigenvalue weighted by Gasteiger charge is -2.28. The van der Waals surface area contributed by atoms with Gasteiger partial charge < -0.3 is 20.5 Å². The van der Waals surface area contributed by atoms with Gasteiger partial charge in [0, 0.05) is 31.6 Å². The van der Waals surface area contributed by atoms with Gasteiger partial charge in [-0.15, -0.1) is 0 Å². The maximum absolute atomic E-state index is 13.1. The van der Waals surface area contributed by atoms with E-state index in [4.69, 9.17) is 0 Å². The van der Waals surface area contributed by atoms with Gasteiger partial charge in [-0.2, -0.15) is 13.2 Å². The van der Waals surface area contributed by atoms with Gasteiger partial charge >= 0.3 is 12.2 Å². The van der Waals surface area contributed by atoms with Crippen molar-refractivity contribution in [3.8, 4) is 5.88 Å². The van der Waals surface area contributed by atoms with E-state index in [1.165, 1.54) is 18.3 Å². The molecule has 0 aromatic carbocycles. The smallest absolute Gasteiger partial charge is 0.422 e. The highest BCUT2D eigenvalue weighted by atomic mass is 19.4. The number of hydrogen-bond donors (Lipinski definition) is 3. The Balaban J connectivity index is 1.85. The van der Waals surface area contributed by atoms with E-state index in [0.29, 0.717) is 18.4 Å². The third-order valence-corrected chi connectivity index (χ3v) is 4.42. The van der Waals surface area contributed by atoms with Crippen molar-refractivity contribution >= 4 is 6.03 Å². The number of halogens is 5. The number of aromatic nitrogens is 1. The number of nitrogens with zero attached hydrogens (tertiary/aromatic N) is 1. The number of ether oxygens (including phenoxy) is 1. The first-order valence-electron chi connectivity index (χ1n) is 8.76. The van der Waals surface area contributed by atoms with Crippen LogP contribution in [0.3, 0.4) is 0 Å². The maximum Gasteiger partial charge on any atom is 0.422 e. The number of pyridine rings is 1. The molecule has 1 aliphatic rings. The average molecular weight is 411 g/mol. The van der Waals surface area contributed by atoms with Crippen LogP contribution in [0, 0.1) is 5.92 Å². The van der Waals surface area contributed by atoms with Crippen molar-refractivity contribution in [2.45, 2.75) is 43.8 Å². The van der Waals surface area contributed by atoms with E-state index < -0.39 is 37.4 Å². The molecule has 1 atom stereocenters. The Labute approximate surface area is 158 Å². The zero-order valence-electron chi connectivity index (χ0n) is 14.9. The number of alkyl halides is 5. The summed E-state index contributed by atoms with van der Waals surface area (Å²) in [7, 11) is 0. The van der Waals surface area contributed by atoms with Crippen LogP contribution in [0.15, 0.2) is 18.3 Å². The Morgan fingerprint density at radius 1 is 1.36 bits per heavy atom. The van der Waals surface area contributed by atoms with E-state index in [2.05, 4.69) is 20.4 Å². The highest BCUT2D eigenvalue weighted by Gasteiger charge is 2.34. The highest BCUT2D eigenvalue weighted by molar-refractivity contribution is 5.74. The number of aliphatic hydroxyl groups is 1. The van der Waals surface area contributed by atoms with Crippen molar-refractivity contribution in [2.24, 2.45) is 5.92 Å². The number of carbonyl (C=O) groups is 1. The van der Waals surface area contributed by atoms with Gasteiger partial charge in [0.15, 0.2) is 6.61 Å². The Kier molecular flexibility index (Phi) is 7.39. The lowest BCUT2D eigenvalue weighted by atomic mass is 9.87. The number of hydrogen-bond acceptors (Lipinski definition) is 4. The van der Waals surface area contributed by atoms with E-state index >= 15 is 0 Å². The molecule has 1 heterocycles. The molecule has 2 rings (SSSR count). The SMILES string of the molecule is O=C(NCC1CCC(F)(F)CC1)N[C@@H](CO)c1ccnc(OCC(F)(F)F)c1. The third-order valence-electron chi connectivity index (χ3n) is 4.42. The maximum atomic E-state index is 13.1. The van der Waals surface area contributed by atoms with Gasteiger partial charge in [0.05, 0.1) is 12.6 Å². The van der Waals surface area contributed by atoms with E-state index in [1.807, 2.05) is 0 Å². The Morgan fingerprint density at radius 2 is 2.04 bits per heavy atom. The number of nitrogens with one attached hydrogen (secondary N) is 2. The van der Waals surface area contributed by atoms with Crippen LogP contribution in [-0.2, 0) is 0 Å². The van der Waals surface area contributed by atoms with Crippen LogP contribution in [0.5, 0.6) is 5.88 Å². The molecular formula is C17H22F5N3O3. The number of urea groups is 1. The summed E-state index contributed by atoms with van der Waals surface area (Å²) in [6.45, 7) is -1.80. The summed E-state index contributed by atoms with van der Waals surface area (Å²) in [4.78, 5) is 15.7. The summed E-state index contributed by atoms with van der Waals surface area (Å²) in [5, 5.41) is 14.5. The normalized spacial score (nSPS) is 18.4. The second-order valence-electron chi connectivity index (χ2n) is 6.72. The second-order valence-corrected chi connectivity index (χ2v) is 6.72. The van der Waals surface area contributed by atoms with Gasteiger partial charge in [-0.3, -0.25) is 0 Å². The summed E-state index contributed by atoms with van der Waals surface area (Å²) in [6, 6.07) is 1.10. The molecule has 1 saturated carbocycles. The zero-order chi connectivity index (χ0) is 20.8. The number of rotatable bonds is 7. The minimum atomic E-state index is -4.52. The summed E-state index contributed by atoms with van der Waals surface area (Å²) in [5.74, 6) is -2.99. The van der Waals surface area contributed by atoms with Crippen molar-refractivity contribution in [3.05, 3.63) is 23.9 Å². The predicted molar refractivity (Wildman–Crippen MR) is 89.1 cm³/mol. The molecule has 0 bridgehead atoms. The van der Waals surface area contributed by atoms with Gasteiger partial charge in [-0.25, -0.2) is 18.6 Å². The van der Waals surface area contributed by atoms with Crippen LogP contribution in [0.4, 0.5) is 26.7 Å². The molecule has 11 heteroatoms. The van der Waals surface area contributed by atoms with Crippen molar-refractivity contribution in [1.29, 1.82) is 0 Å². The fourth-order valence-electron chi connectivity index (χ4n) is 2.86. The van der Waals surface area contributed by atoms with Gasteiger partial charge in [0.1, 0.15) is 0 Å². The Morgan fingerprint density at radius 3 is 2.64 bits per heavy atom. The Hall–Kier alpha value is -2.17. The molecule has 1 fully saturated rings. The first-order valence-corrected chi connectivity index (χ1v) is 8.76. The standard InChI is InChI=1S/C17H22F5N3O3/c18-16(19)4-1-11(2-5-16)8-24-15(27)25-13(9-26)12-3-6-23-14(7-12)28-10-17(20,21)22/h3,6-7,11,13,26H,1-2,4-5,8-10H2,(H2,24,25,27)/t13-/m0/s1. The molecule has 1 aromatic heterocycles.